The summed E-state index contributed by atoms with van der Waals surface area (Å²) in [7, 11) is 2.18. The van der Waals surface area contributed by atoms with E-state index in [1.807, 2.05) is 6.07 Å². The summed E-state index contributed by atoms with van der Waals surface area (Å²) in [6.45, 7) is 14.1. The first-order valence-electron chi connectivity index (χ1n) is 12.8. The summed E-state index contributed by atoms with van der Waals surface area (Å²) < 4.78 is 2.09. The van der Waals surface area contributed by atoms with Gasteiger partial charge in [0.15, 0.2) is 0 Å². The summed E-state index contributed by atoms with van der Waals surface area (Å²) in [6.07, 6.45) is 5.15. The molecule has 3 rings (SSSR count). The van der Waals surface area contributed by atoms with Crippen molar-refractivity contribution in [2.75, 3.05) is 44.7 Å². The number of hydrogen-bond donors (Lipinski definition) is 0. The second-order valence-corrected chi connectivity index (χ2v) is 9.90. The SMILES string of the molecule is CCCCCCC(=O)N(Cc1c(C)nn(-c2ccccc2)c1N1CCN(C)CC1)CC(C)C. The summed E-state index contributed by atoms with van der Waals surface area (Å²) in [5, 5.41) is 4.98. The molecule has 1 fully saturated rings. The number of amides is 1. The fraction of sp³-hybridized carbons (Fsp3) is 0.630. The number of carbonyl (C=O) groups is 1. The van der Waals surface area contributed by atoms with Gasteiger partial charge in [-0.2, -0.15) is 5.10 Å². The molecule has 0 unspecified atom stereocenters. The van der Waals surface area contributed by atoms with Crippen molar-refractivity contribution in [3.63, 3.8) is 0 Å². The van der Waals surface area contributed by atoms with E-state index in [1.54, 1.807) is 0 Å². The summed E-state index contributed by atoms with van der Waals surface area (Å²) in [5.41, 5.74) is 3.27. The molecule has 0 atom stereocenters. The molecule has 182 valence electrons. The van der Waals surface area contributed by atoms with E-state index in [0.29, 0.717) is 18.9 Å². The Labute approximate surface area is 200 Å². The molecule has 2 heterocycles. The summed E-state index contributed by atoms with van der Waals surface area (Å²) >= 11 is 0. The van der Waals surface area contributed by atoms with E-state index in [4.69, 9.17) is 5.10 Å². The molecule has 6 nitrogen and oxygen atoms in total. The zero-order chi connectivity index (χ0) is 23.8. The standard InChI is InChI=1S/C27H43N5O/c1-6-7-8-12-15-26(33)31(20-22(2)3)21-25-23(4)28-32(24-13-10-9-11-14-24)27(25)30-18-16-29(5)17-19-30/h9-11,13-14,22H,6-8,12,15-21H2,1-5H3. The lowest BCUT2D eigenvalue weighted by Gasteiger charge is -2.35. The average molecular weight is 454 g/mol. The third-order valence-corrected chi connectivity index (χ3v) is 6.49. The van der Waals surface area contributed by atoms with Gasteiger partial charge in [0, 0.05) is 44.7 Å². The Morgan fingerprint density at radius 3 is 2.39 bits per heavy atom. The number of anilines is 1. The molecule has 0 aliphatic carbocycles. The van der Waals surface area contributed by atoms with Gasteiger partial charge in [-0.05, 0) is 38.4 Å². The van der Waals surface area contributed by atoms with Crippen molar-refractivity contribution >= 4 is 11.7 Å². The van der Waals surface area contributed by atoms with E-state index in [2.05, 4.69) is 78.4 Å². The van der Waals surface area contributed by atoms with Gasteiger partial charge in [0.1, 0.15) is 5.82 Å². The maximum atomic E-state index is 13.2. The summed E-state index contributed by atoms with van der Waals surface area (Å²) in [5.74, 6) is 1.86. The average Bonchev–Trinajstić information content (AvgIpc) is 3.13. The minimum atomic E-state index is 0.274. The number of piperazine rings is 1. The van der Waals surface area contributed by atoms with Crippen molar-refractivity contribution in [3.8, 4) is 5.69 Å². The number of carbonyl (C=O) groups excluding carboxylic acids is 1. The van der Waals surface area contributed by atoms with Crippen LogP contribution in [0.3, 0.4) is 0 Å². The van der Waals surface area contributed by atoms with Crippen LogP contribution in [0, 0.1) is 12.8 Å². The van der Waals surface area contributed by atoms with Crippen LogP contribution >= 0.6 is 0 Å². The van der Waals surface area contributed by atoms with Crippen molar-refractivity contribution in [3.05, 3.63) is 41.6 Å². The van der Waals surface area contributed by atoms with Gasteiger partial charge in [0.25, 0.3) is 0 Å². The molecule has 0 bridgehead atoms. The van der Waals surface area contributed by atoms with Crippen molar-refractivity contribution in [1.82, 2.24) is 19.6 Å². The maximum Gasteiger partial charge on any atom is 0.222 e. The van der Waals surface area contributed by atoms with Crippen LogP contribution in [-0.4, -0.2) is 65.3 Å². The van der Waals surface area contributed by atoms with Gasteiger partial charge < -0.3 is 14.7 Å². The lowest BCUT2D eigenvalue weighted by molar-refractivity contribution is -0.132. The molecule has 6 heteroatoms. The van der Waals surface area contributed by atoms with Gasteiger partial charge in [0.2, 0.25) is 5.91 Å². The minimum absolute atomic E-state index is 0.274. The van der Waals surface area contributed by atoms with Gasteiger partial charge in [0.05, 0.1) is 17.9 Å². The maximum absolute atomic E-state index is 13.2. The second-order valence-electron chi connectivity index (χ2n) is 9.90. The monoisotopic (exact) mass is 453 g/mol. The lowest BCUT2D eigenvalue weighted by Crippen LogP contribution is -2.45. The van der Waals surface area contributed by atoms with Crippen molar-refractivity contribution in [2.24, 2.45) is 5.92 Å². The zero-order valence-corrected chi connectivity index (χ0v) is 21.4. The van der Waals surface area contributed by atoms with E-state index < -0.39 is 0 Å². The number of benzene rings is 1. The summed E-state index contributed by atoms with van der Waals surface area (Å²) in [4.78, 5) is 20.2. The number of aryl methyl sites for hydroxylation is 1. The second kappa shape index (κ2) is 12.2. The smallest absolute Gasteiger partial charge is 0.222 e. The first-order valence-corrected chi connectivity index (χ1v) is 12.8. The van der Waals surface area contributed by atoms with Gasteiger partial charge in [-0.1, -0.05) is 58.2 Å². The van der Waals surface area contributed by atoms with Gasteiger partial charge in [-0.25, -0.2) is 4.68 Å². The van der Waals surface area contributed by atoms with Gasteiger partial charge >= 0.3 is 0 Å². The normalized spacial score (nSPS) is 14.8. The largest absolute Gasteiger partial charge is 0.354 e. The van der Waals surface area contributed by atoms with E-state index in [0.717, 1.165) is 62.8 Å². The first-order chi connectivity index (χ1) is 15.9. The molecule has 2 aromatic rings. The Morgan fingerprint density at radius 1 is 1.06 bits per heavy atom. The van der Waals surface area contributed by atoms with Crippen molar-refractivity contribution in [2.45, 2.75) is 66.3 Å². The molecule has 1 aliphatic heterocycles. The highest BCUT2D eigenvalue weighted by atomic mass is 16.2. The van der Waals surface area contributed by atoms with E-state index in [1.165, 1.54) is 18.4 Å². The number of unbranched alkanes of at least 4 members (excludes halogenated alkanes) is 3. The number of aromatic nitrogens is 2. The third kappa shape index (κ3) is 6.83. The molecule has 0 spiro atoms. The Bertz CT molecular complexity index is 868. The van der Waals surface area contributed by atoms with Crippen molar-refractivity contribution in [1.29, 1.82) is 0 Å². The van der Waals surface area contributed by atoms with Crippen LogP contribution < -0.4 is 4.90 Å². The van der Waals surface area contributed by atoms with Crippen LogP contribution in [0.2, 0.25) is 0 Å². The number of hydrogen-bond acceptors (Lipinski definition) is 4. The predicted molar refractivity (Wildman–Crippen MR) is 137 cm³/mol. The summed E-state index contributed by atoms with van der Waals surface area (Å²) in [6, 6.07) is 10.4. The highest BCUT2D eigenvalue weighted by molar-refractivity contribution is 5.76. The molecular weight excluding hydrogens is 410 g/mol. The Balaban J connectivity index is 1.92. The zero-order valence-electron chi connectivity index (χ0n) is 21.4. The topological polar surface area (TPSA) is 44.6 Å². The Hall–Kier alpha value is -2.34. The number of para-hydroxylation sites is 1. The lowest BCUT2D eigenvalue weighted by atomic mass is 10.1. The highest BCUT2D eigenvalue weighted by Gasteiger charge is 2.27. The minimum Gasteiger partial charge on any atom is -0.354 e. The van der Waals surface area contributed by atoms with E-state index in [9.17, 15) is 4.79 Å². The van der Waals surface area contributed by atoms with E-state index in [-0.39, 0.29) is 5.91 Å². The number of likely N-dealkylation sites (N-methyl/N-ethyl adjacent to an activating group) is 1. The molecule has 1 aliphatic rings. The quantitative estimate of drug-likeness (QED) is 0.455. The molecule has 1 amide bonds. The molecule has 0 saturated carbocycles. The van der Waals surface area contributed by atoms with Gasteiger partial charge in [-0.3, -0.25) is 4.79 Å². The number of rotatable bonds is 11. The Morgan fingerprint density at radius 2 is 1.76 bits per heavy atom. The van der Waals surface area contributed by atoms with Crippen LogP contribution in [0.25, 0.3) is 5.69 Å². The van der Waals surface area contributed by atoms with Crippen LogP contribution in [-0.2, 0) is 11.3 Å². The Kier molecular flexibility index (Phi) is 9.36. The molecule has 33 heavy (non-hydrogen) atoms. The first kappa shape index (κ1) is 25.3. The van der Waals surface area contributed by atoms with Crippen molar-refractivity contribution < 1.29 is 4.79 Å². The van der Waals surface area contributed by atoms with Crippen LogP contribution in [0.1, 0.15) is 64.1 Å². The van der Waals surface area contributed by atoms with Crippen LogP contribution in [0.15, 0.2) is 30.3 Å². The van der Waals surface area contributed by atoms with Crippen LogP contribution in [0.4, 0.5) is 5.82 Å². The molecular formula is C27H43N5O. The molecule has 0 N–H and O–H groups in total. The molecule has 1 saturated heterocycles. The highest BCUT2D eigenvalue weighted by Crippen LogP contribution is 2.30. The third-order valence-electron chi connectivity index (χ3n) is 6.49. The molecule has 1 aromatic heterocycles. The van der Waals surface area contributed by atoms with Crippen LogP contribution in [0.5, 0.6) is 0 Å². The van der Waals surface area contributed by atoms with Gasteiger partial charge in [-0.15, -0.1) is 0 Å². The fourth-order valence-corrected chi connectivity index (χ4v) is 4.57. The molecule has 1 aromatic carbocycles. The molecule has 0 radical (unpaired) electrons. The fourth-order valence-electron chi connectivity index (χ4n) is 4.57. The van der Waals surface area contributed by atoms with E-state index >= 15 is 0 Å². The predicted octanol–water partition coefficient (Wildman–Crippen LogP) is 4.89. The number of nitrogens with zero attached hydrogens (tertiary/aromatic N) is 5.